The Morgan fingerprint density at radius 1 is 1.08 bits per heavy atom. The number of thioether (sulfide) groups is 1. The molecule has 2 aromatic carbocycles. The Bertz CT molecular complexity index is 688. The molecule has 1 atom stereocenters. The average Bonchev–Trinajstić information content (AvgIpc) is 2.61. The SMILES string of the molecule is CCOC(=O)c1ccccc1NC(=O)[C@H](C)SCc1ccccc1. The fraction of sp³-hybridized carbons (Fsp3) is 0.263. The molecule has 0 aliphatic carbocycles. The molecule has 2 rings (SSSR count). The van der Waals surface area contributed by atoms with Crippen LogP contribution in [-0.4, -0.2) is 23.7 Å². The van der Waals surface area contributed by atoms with Crippen LogP contribution in [0.2, 0.25) is 0 Å². The molecule has 5 heteroatoms. The number of nitrogens with one attached hydrogen (secondary N) is 1. The van der Waals surface area contributed by atoms with Crippen molar-refractivity contribution in [2.75, 3.05) is 11.9 Å². The molecule has 0 aliphatic heterocycles. The van der Waals surface area contributed by atoms with Gasteiger partial charge in [0.05, 0.1) is 23.1 Å². The van der Waals surface area contributed by atoms with Crippen molar-refractivity contribution in [3.05, 3.63) is 65.7 Å². The third-order valence-electron chi connectivity index (χ3n) is 3.39. The Balaban J connectivity index is 1.97. The van der Waals surface area contributed by atoms with Crippen LogP contribution in [0.4, 0.5) is 5.69 Å². The molecule has 0 aromatic heterocycles. The van der Waals surface area contributed by atoms with Gasteiger partial charge in [0.1, 0.15) is 0 Å². The van der Waals surface area contributed by atoms with Crippen molar-refractivity contribution in [1.82, 2.24) is 0 Å². The fourth-order valence-electron chi connectivity index (χ4n) is 2.08. The molecule has 0 spiro atoms. The van der Waals surface area contributed by atoms with E-state index in [1.54, 1.807) is 43.0 Å². The van der Waals surface area contributed by atoms with Gasteiger partial charge in [-0.2, -0.15) is 0 Å². The number of hydrogen-bond donors (Lipinski definition) is 1. The van der Waals surface area contributed by atoms with Crippen molar-refractivity contribution in [3.8, 4) is 0 Å². The number of rotatable bonds is 7. The topological polar surface area (TPSA) is 55.4 Å². The van der Waals surface area contributed by atoms with Gasteiger partial charge in [-0.1, -0.05) is 42.5 Å². The van der Waals surface area contributed by atoms with Crippen molar-refractivity contribution < 1.29 is 14.3 Å². The number of para-hydroxylation sites is 1. The van der Waals surface area contributed by atoms with Gasteiger partial charge in [0.15, 0.2) is 0 Å². The number of carbonyl (C=O) groups is 2. The molecule has 0 heterocycles. The van der Waals surface area contributed by atoms with E-state index in [0.717, 1.165) is 5.75 Å². The van der Waals surface area contributed by atoms with Gasteiger partial charge in [-0.05, 0) is 31.5 Å². The molecule has 0 radical (unpaired) electrons. The second-order valence-corrected chi connectivity index (χ2v) is 6.52. The summed E-state index contributed by atoms with van der Waals surface area (Å²) in [5.41, 5.74) is 2.02. The van der Waals surface area contributed by atoms with E-state index in [-0.39, 0.29) is 11.2 Å². The summed E-state index contributed by atoms with van der Waals surface area (Å²) in [5.74, 6) is 0.195. The predicted octanol–water partition coefficient (Wildman–Crippen LogP) is 4.12. The maximum atomic E-state index is 12.4. The van der Waals surface area contributed by atoms with E-state index in [2.05, 4.69) is 5.32 Å². The number of hydrogen-bond acceptors (Lipinski definition) is 4. The summed E-state index contributed by atoms with van der Waals surface area (Å²) >= 11 is 1.55. The molecule has 0 bridgehead atoms. The van der Waals surface area contributed by atoms with E-state index < -0.39 is 5.97 Å². The number of ether oxygens (including phenoxy) is 1. The van der Waals surface area contributed by atoms with Crippen LogP contribution in [0.5, 0.6) is 0 Å². The monoisotopic (exact) mass is 343 g/mol. The molecule has 4 nitrogen and oxygen atoms in total. The first kappa shape index (κ1) is 18.1. The minimum Gasteiger partial charge on any atom is -0.462 e. The van der Waals surface area contributed by atoms with E-state index in [1.807, 2.05) is 37.3 Å². The molecule has 1 amide bonds. The Morgan fingerprint density at radius 3 is 2.46 bits per heavy atom. The number of anilines is 1. The van der Waals surface area contributed by atoms with Crippen LogP contribution < -0.4 is 5.32 Å². The van der Waals surface area contributed by atoms with Gasteiger partial charge in [-0.15, -0.1) is 11.8 Å². The van der Waals surface area contributed by atoms with Gasteiger partial charge in [-0.3, -0.25) is 4.79 Å². The summed E-state index contributed by atoms with van der Waals surface area (Å²) < 4.78 is 5.02. The summed E-state index contributed by atoms with van der Waals surface area (Å²) in [6.45, 7) is 3.90. The minimum absolute atomic E-state index is 0.132. The van der Waals surface area contributed by atoms with Crippen LogP contribution in [0.25, 0.3) is 0 Å². The highest BCUT2D eigenvalue weighted by Gasteiger charge is 2.18. The molecule has 0 saturated heterocycles. The van der Waals surface area contributed by atoms with Crippen molar-refractivity contribution >= 4 is 29.3 Å². The summed E-state index contributed by atoms with van der Waals surface area (Å²) in [4.78, 5) is 24.3. The van der Waals surface area contributed by atoms with E-state index in [9.17, 15) is 9.59 Å². The lowest BCUT2D eigenvalue weighted by Crippen LogP contribution is -2.24. The van der Waals surface area contributed by atoms with Crippen LogP contribution in [0, 0.1) is 0 Å². The maximum Gasteiger partial charge on any atom is 0.340 e. The molecule has 2 aromatic rings. The van der Waals surface area contributed by atoms with E-state index in [1.165, 1.54) is 5.56 Å². The van der Waals surface area contributed by atoms with Gasteiger partial charge >= 0.3 is 5.97 Å². The first-order valence-electron chi connectivity index (χ1n) is 7.84. The molecule has 24 heavy (non-hydrogen) atoms. The number of benzene rings is 2. The summed E-state index contributed by atoms with van der Waals surface area (Å²) in [6.07, 6.45) is 0. The van der Waals surface area contributed by atoms with Gasteiger partial charge in [-0.25, -0.2) is 4.79 Å². The van der Waals surface area contributed by atoms with E-state index >= 15 is 0 Å². The Hall–Kier alpha value is -2.27. The largest absolute Gasteiger partial charge is 0.462 e. The van der Waals surface area contributed by atoms with E-state index in [0.29, 0.717) is 17.9 Å². The second kappa shape index (κ2) is 9.13. The Kier molecular flexibility index (Phi) is 6.88. The smallest absolute Gasteiger partial charge is 0.340 e. The van der Waals surface area contributed by atoms with Crippen LogP contribution in [-0.2, 0) is 15.3 Å². The molecular formula is C19H21NO3S. The quantitative estimate of drug-likeness (QED) is 0.768. The number of esters is 1. The molecular weight excluding hydrogens is 322 g/mol. The Morgan fingerprint density at radius 2 is 1.75 bits per heavy atom. The fourth-order valence-corrected chi connectivity index (χ4v) is 2.93. The minimum atomic E-state index is -0.432. The molecule has 1 N–H and O–H groups in total. The molecule has 0 unspecified atom stereocenters. The first-order chi connectivity index (χ1) is 11.6. The maximum absolute atomic E-state index is 12.4. The summed E-state index contributed by atoms with van der Waals surface area (Å²) in [5, 5.41) is 2.59. The summed E-state index contributed by atoms with van der Waals surface area (Å²) in [7, 11) is 0. The van der Waals surface area contributed by atoms with Crippen molar-refractivity contribution in [3.63, 3.8) is 0 Å². The molecule has 0 fully saturated rings. The first-order valence-corrected chi connectivity index (χ1v) is 8.89. The van der Waals surface area contributed by atoms with Gasteiger partial charge < -0.3 is 10.1 Å². The second-order valence-electron chi connectivity index (χ2n) is 5.19. The third-order valence-corrected chi connectivity index (χ3v) is 4.61. The van der Waals surface area contributed by atoms with Gasteiger partial charge in [0, 0.05) is 5.75 Å². The van der Waals surface area contributed by atoms with Crippen LogP contribution in [0.3, 0.4) is 0 Å². The number of carbonyl (C=O) groups excluding carboxylic acids is 2. The number of amides is 1. The van der Waals surface area contributed by atoms with Crippen molar-refractivity contribution in [2.24, 2.45) is 0 Å². The summed E-state index contributed by atoms with van der Waals surface area (Å²) in [6, 6.07) is 16.9. The van der Waals surface area contributed by atoms with Crippen molar-refractivity contribution in [2.45, 2.75) is 24.9 Å². The highest BCUT2D eigenvalue weighted by atomic mass is 32.2. The highest BCUT2D eigenvalue weighted by Crippen LogP contribution is 2.21. The van der Waals surface area contributed by atoms with Gasteiger partial charge in [0.25, 0.3) is 0 Å². The zero-order valence-corrected chi connectivity index (χ0v) is 14.6. The standard InChI is InChI=1S/C19H21NO3S/c1-3-23-19(22)16-11-7-8-12-17(16)20-18(21)14(2)24-13-15-9-5-4-6-10-15/h4-12,14H,3,13H2,1-2H3,(H,20,21)/t14-/m0/s1. The highest BCUT2D eigenvalue weighted by molar-refractivity contribution is 7.99. The molecule has 0 saturated carbocycles. The lowest BCUT2D eigenvalue weighted by molar-refractivity contribution is -0.115. The third kappa shape index (κ3) is 5.13. The van der Waals surface area contributed by atoms with Crippen LogP contribution in [0.1, 0.15) is 29.8 Å². The Labute approximate surface area is 146 Å². The lowest BCUT2D eigenvalue weighted by atomic mass is 10.1. The lowest BCUT2D eigenvalue weighted by Gasteiger charge is -2.14. The van der Waals surface area contributed by atoms with Crippen LogP contribution in [0.15, 0.2) is 54.6 Å². The van der Waals surface area contributed by atoms with Crippen molar-refractivity contribution in [1.29, 1.82) is 0 Å². The normalized spacial score (nSPS) is 11.6. The zero-order valence-electron chi connectivity index (χ0n) is 13.8. The van der Waals surface area contributed by atoms with Crippen LogP contribution >= 0.6 is 11.8 Å². The molecule has 126 valence electrons. The van der Waals surface area contributed by atoms with Gasteiger partial charge in [0.2, 0.25) is 5.91 Å². The zero-order chi connectivity index (χ0) is 17.4. The average molecular weight is 343 g/mol. The predicted molar refractivity (Wildman–Crippen MR) is 98.2 cm³/mol. The van der Waals surface area contributed by atoms with E-state index in [4.69, 9.17) is 4.74 Å². The molecule has 0 aliphatic rings.